The van der Waals surface area contributed by atoms with Gasteiger partial charge >= 0.3 is 0 Å². The Hall–Kier alpha value is -2.23. The third-order valence-electron chi connectivity index (χ3n) is 3.77. The second-order valence-electron chi connectivity index (χ2n) is 5.50. The Labute approximate surface area is 132 Å². The minimum Gasteiger partial charge on any atom is -0.494 e. The molecule has 0 amide bonds. The summed E-state index contributed by atoms with van der Waals surface area (Å²) in [5.74, 6) is 0.906. The van der Waals surface area contributed by atoms with Crippen molar-refractivity contribution in [3.63, 3.8) is 0 Å². The topological polar surface area (TPSA) is 59.6 Å². The molecule has 3 N–H and O–H groups in total. The van der Waals surface area contributed by atoms with Gasteiger partial charge in [-0.05, 0) is 55.2 Å². The molecule has 0 saturated heterocycles. The molecule has 4 nitrogen and oxygen atoms in total. The summed E-state index contributed by atoms with van der Waals surface area (Å²) < 4.78 is 5.68. The maximum absolute atomic E-state index is 5.91. The van der Waals surface area contributed by atoms with Crippen molar-refractivity contribution in [2.24, 2.45) is 10.7 Å². The van der Waals surface area contributed by atoms with E-state index in [9.17, 15) is 0 Å². The first kappa shape index (κ1) is 16.1. The summed E-state index contributed by atoms with van der Waals surface area (Å²) in [4.78, 5) is 4.41. The number of anilines is 1. The van der Waals surface area contributed by atoms with Crippen molar-refractivity contribution in [3.05, 3.63) is 40.6 Å². The molecule has 118 valence electrons. The van der Waals surface area contributed by atoms with Crippen LogP contribution in [0.1, 0.15) is 32.8 Å². The molecule has 0 unspecified atom stereocenters. The Bertz CT molecular complexity index is 638. The summed E-state index contributed by atoms with van der Waals surface area (Å²) in [7, 11) is 1.81. The van der Waals surface area contributed by atoms with Crippen LogP contribution in [-0.2, 0) is 0 Å². The smallest absolute Gasteiger partial charge is 0.121 e. The summed E-state index contributed by atoms with van der Waals surface area (Å²) in [6, 6.07) is 6.14. The van der Waals surface area contributed by atoms with Crippen molar-refractivity contribution in [1.29, 1.82) is 0 Å². The van der Waals surface area contributed by atoms with Gasteiger partial charge in [0.15, 0.2) is 0 Å². The second kappa shape index (κ2) is 7.16. The van der Waals surface area contributed by atoms with Crippen molar-refractivity contribution in [2.75, 3.05) is 25.5 Å². The molecule has 0 spiro atoms. The Kier molecular flexibility index (Phi) is 5.26. The van der Waals surface area contributed by atoms with Gasteiger partial charge in [0, 0.05) is 31.0 Å². The van der Waals surface area contributed by atoms with E-state index in [1.807, 2.05) is 19.9 Å². The number of rotatable bonds is 5. The average Bonchev–Trinajstić information content (AvgIpc) is 2.53. The van der Waals surface area contributed by atoms with Gasteiger partial charge < -0.3 is 15.8 Å². The first-order valence-electron chi connectivity index (χ1n) is 7.68. The van der Waals surface area contributed by atoms with Gasteiger partial charge in [-0.3, -0.25) is 4.99 Å². The van der Waals surface area contributed by atoms with Crippen LogP contribution < -0.4 is 15.8 Å². The van der Waals surface area contributed by atoms with Gasteiger partial charge in [-0.15, -0.1) is 0 Å². The van der Waals surface area contributed by atoms with E-state index >= 15 is 0 Å². The maximum Gasteiger partial charge on any atom is 0.121 e. The van der Waals surface area contributed by atoms with Crippen LogP contribution in [0.25, 0.3) is 6.08 Å². The Balaban J connectivity index is 2.30. The van der Waals surface area contributed by atoms with E-state index in [2.05, 4.69) is 35.4 Å². The van der Waals surface area contributed by atoms with Crippen LogP contribution in [0.5, 0.6) is 5.75 Å². The van der Waals surface area contributed by atoms with Crippen LogP contribution in [0.15, 0.2) is 40.0 Å². The van der Waals surface area contributed by atoms with Crippen LogP contribution in [0.3, 0.4) is 0 Å². The number of ether oxygens (including phenoxy) is 1. The predicted octanol–water partition coefficient (Wildman–Crippen LogP) is 3.61. The fourth-order valence-corrected chi connectivity index (χ4v) is 2.44. The van der Waals surface area contributed by atoms with Gasteiger partial charge in [-0.2, -0.15) is 0 Å². The number of hydrogen-bond acceptors (Lipinski definition) is 4. The molecule has 22 heavy (non-hydrogen) atoms. The number of nitrogens with one attached hydrogen (secondary N) is 1. The highest BCUT2D eigenvalue weighted by atomic mass is 16.5. The minimum absolute atomic E-state index is 0.738. The first-order valence-corrected chi connectivity index (χ1v) is 7.68. The van der Waals surface area contributed by atoms with E-state index in [1.54, 1.807) is 7.05 Å². The lowest BCUT2D eigenvalue weighted by Crippen LogP contribution is -2.19. The summed E-state index contributed by atoms with van der Waals surface area (Å²) >= 11 is 0. The fraction of sp³-hybridized carbons (Fsp3) is 0.389. The highest BCUT2D eigenvalue weighted by molar-refractivity contribution is 6.16. The van der Waals surface area contributed by atoms with Crippen molar-refractivity contribution in [2.45, 2.75) is 27.2 Å². The van der Waals surface area contributed by atoms with Gasteiger partial charge in [0.1, 0.15) is 5.75 Å². The highest BCUT2D eigenvalue weighted by Gasteiger charge is 2.16. The molecule has 0 aliphatic carbocycles. The molecule has 1 aliphatic heterocycles. The molecule has 0 atom stereocenters. The van der Waals surface area contributed by atoms with Crippen LogP contribution >= 0.6 is 0 Å². The van der Waals surface area contributed by atoms with E-state index in [4.69, 9.17) is 10.5 Å². The summed E-state index contributed by atoms with van der Waals surface area (Å²) in [6.07, 6.45) is 3.18. The molecule has 0 aromatic heterocycles. The van der Waals surface area contributed by atoms with Crippen LogP contribution in [0, 0.1) is 0 Å². The molecule has 0 radical (unpaired) electrons. The standard InChI is InChI=1S/C18H25N3O/c1-5-8-22-16-7-6-14-9-15(11-21-17(14)10-16)18(20-4)12(2)13(3)19/h6-7,9-10,21H,5,8,11,19H2,1-4H3/b13-12+,20-18?. The number of aliphatic imine (C=N–C) groups is 1. The fourth-order valence-electron chi connectivity index (χ4n) is 2.44. The quantitative estimate of drug-likeness (QED) is 0.817. The molecule has 1 heterocycles. The number of fused-ring (bicyclic) bond motifs is 1. The van der Waals surface area contributed by atoms with E-state index in [0.717, 1.165) is 59.1 Å². The van der Waals surface area contributed by atoms with Crippen molar-refractivity contribution in [3.8, 4) is 5.75 Å². The first-order chi connectivity index (χ1) is 10.6. The average molecular weight is 299 g/mol. The largest absolute Gasteiger partial charge is 0.494 e. The Morgan fingerprint density at radius 2 is 2.14 bits per heavy atom. The van der Waals surface area contributed by atoms with Crippen molar-refractivity contribution >= 4 is 17.5 Å². The minimum atomic E-state index is 0.738. The summed E-state index contributed by atoms with van der Waals surface area (Å²) in [5.41, 5.74) is 12.1. The third kappa shape index (κ3) is 3.50. The second-order valence-corrected chi connectivity index (χ2v) is 5.50. The van der Waals surface area contributed by atoms with Crippen LogP contribution in [0.2, 0.25) is 0 Å². The van der Waals surface area contributed by atoms with Crippen molar-refractivity contribution in [1.82, 2.24) is 0 Å². The Morgan fingerprint density at radius 1 is 1.36 bits per heavy atom. The molecule has 4 heteroatoms. The third-order valence-corrected chi connectivity index (χ3v) is 3.77. The van der Waals surface area contributed by atoms with Gasteiger partial charge in [0.2, 0.25) is 0 Å². The molecule has 1 aliphatic rings. The number of allylic oxidation sites excluding steroid dienone is 2. The van der Waals surface area contributed by atoms with E-state index in [-0.39, 0.29) is 0 Å². The number of nitrogens with two attached hydrogens (primary N) is 1. The molecular weight excluding hydrogens is 274 g/mol. The normalized spacial score (nSPS) is 15.5. The van der Waals surface area contributed by atoms with E-state index < -0.39 is 0 Å². The number of nitrogens with zero attached hydrogens (tertiary/aromatic N) is 1. The molecule has 1 aromatic carbocycles. The predicted molar refractivity (Wildman–Crippen MR) is 94.6 cm³/mol. The zero-order chi connectivity index (χ0) is 16.1. The molecule has 0 fully saturated rings. The zero-order valence-corrected chi connectivity index (χ0v) is 13.9. The lowest BCUT2D eigenvalue weighted by molar-refractivity contribution is 0.317. The van der Waals surface area contributed by atoms with Gasteiger partial charge in [0.25, 0.3) is 0 Å². The van der Waals surface area contributed by atoms with E-state index in [1.165, 1.54) is 0 Å². The van der Waals surface area contributed by atoms with Crippen LogP contribution in [0.4, 0.5) is 5.69 Å². The summed E-state index contributed by atoms with van der Waals surface area (Å²) in [6.45, 7) is 7.50. The zero-order valence-electron chi connectivity index (χ0n) is 13.9. The van der Waals surface area contributed by atoms with Crippen molar-refractivity contribution < 1.29 is 4.74 Å². The molecule has 0 saturated carbocycles. The number of hydrogen-bond donors (Lipinski definition) is 2. The molecule has 1 aromatic rings. The molecule has 0 bridgehead atoms. The molecule has 2 rings (SSSR count). The van der Waals surface area contributed by atoms with E-state index in [0.29, 0.717) is 0 Å². The Morgan fingerprint density at radius 3 is 2.77 bits per heavy atom. The lowest BCUT2D eigenvalue weighted by Gasteiger charge is -2.21. The SMILES string of the molecule is CCCOc1ccc2c(c1)NCC(C(=NC)/C(C)=C(\C)N)=C2. The summed E-state index contributed by atoms with van der Waals surface area (Å²) in [5, 5.41) is 3.45. The van der Waals surface area contributed by atoms with Gasteiger partial charge in [-0.1, -0.05) is 6.92 Å². The highest BCUT2D eigenvalue weighted by Crippen LogP contribution is 2.29. The molecular formula is C18H25N3O. The monoisotopic (exact) mass is 299 g/mol. The maximum atomic E-state index is 5.91. The van der Waals surface area contributed by atoms with Gasteiger partial charge in [0.05, 0.1) is 12.3 Å². The lowest BCUT2D eigenvalue weighted by atomic mass is 9.96. The van der Waals surface area contributed by atoms with Gasteiger partial charge in [-0.25, -0.2) is 0 Å². The number of benzene rings is 1. The van der Waals surface area contributed by atoms with Crippen LogP contribution in [-0.4, -0.2) is 25.9 Å².